The highest BCUT2D eigenvalue weighted by molar-refractivity contribution is 7.93. The predicted octanol–water partition coefficient (Wildman–Crippen LogP) is 2.61. The van der Waals surface area contributed by atoms with Crippen molar-refractivity contribution in [3.8, 4) is 0 Å². The molecule has 0 saturated carbocycles. The molecule has 18 heavy (non-hydrogen) atoms. The van der Waals surface area contributed by atoms with Crippen LogP contribution in [0.5, 0.6) is 0 Å². The molecular weight excluding hydrogens is 266 g/mol. The number of hydrogen-bond donors (Lipinski definition) is 1. The quantitative estimate of drug-likeness (QED) is 0.916. The van der Waals surface area contributed by atoms with Crippen LogP contribution in [0, 0.1) is 0 Å². The maximum absolute atomic E-state index is 12.5. The van der Waals surface area contributed by atoms with Gasteiger partial charge in [0.2, 0.25) is 0 Å². The van der Waals surface area contributed by atoms with Crippen molar-refractivity contribution in [3.05, 3.63) is 53.4 Å². The molecule has 2 rings (SSSR count). The molecule has 0 aliphatic carbocycles. The van der Waals surface area contributed by atoms with Crippen LogP contribution < -0.4 is 5.73 Å². The zero-order chi connectivity index (χ0) is 13.0. The highest BCUT2D eigenvalue weighted by Crippen LogP contribution is 2.33. The second kappa shape index (κ2) is 5.65. The Kier molecular flexibility index (Phi) is 4.16. The van der Waals surface area contributed by atoms with Gasteiger partial charge in [0, 0.05) is 0 Å². The van der Waals surface area contributed by atoms with E-state index in [4.69, 9.17) is 5.73 Å². The van der Waals surface area contributed by atoms with E-state index in [0.717, 1.165) is 5.56 Å². The first-order chi connectivity index (χ1) is 8.66. The minimum absolute atomic E-state index is 0.351. The van der Waals surface area contributed by atoms with E-state index >= 15 is 0 Å². The normalized spacial score (nSPS) is 13.4. The van der Waals surface area contributed by atoms with E-state index in [-0.39, 0.29) is 0 Å². The van der Waals surface area contributed by atoms with Gasteiger partial charge in [0.05, 0.1) is 5.25 Å². The average Bonchev–Trinajstić information content (AvgIpc) is 2.91. The lowest BCUT2D eigenvalue weighted by molar-refractivity contribution is 0.578. The van der Waals surface area contributed by atoms with Gasteiger partial charge in [-0.1, -0.05) is 36.4 Å². The number of sulfone groups is 1. The molecule has 1 heterocycles. The van der Waals surface area contributed by atoms with Gasteiger partial charge >= 0.3 is 0 Å². The van der Waals surface area contributed by atoms with E-state index in [2.05, 4.69) is 0 Å². The fraction of sp³-hybridized carbons (Fsp3) is 0.231. The molecule has 0 aliphatic heterocycles. The summed E-state index contributed by atoms with van der Waals surface area (Å²) in [6.07, 6.45) is 0.435. The Hall–Kier alpha value is -1.17. The molecule has 0 aliphatic rings. The molecule has 5 heteroatoms. The molecule has 2 N–H and O–H groups in total. The topological polar surface area (TPSA) is 60.2 Å². The van der Waals surface area contributed by atoms with Crippen molar-refractivity contribution in [1.29, 1.82) is 0 Å². The van der Waals surface area contributed by atoms with Crippen LogP contribution in [0.4, 0.5) is 0 Å². The van der Waals surface area contributed by atoms with Crippen LogP contribution in [0.1, 0.15) is 17.2 Å². The van der Waals surface area contributed by atoms with Crippen LogP contribution >= 0.6 is 11.3 Å². The van der Waals surface area contributed by atoms with E-state index in [1.165, 1.54) is 11.3 Å². The third kappa shape index (κ3) is 2.63. The van der Waals surface area contributed by atoms with Gasteiger partial charge in [0.25, 0.3) is 0 Å². The first kappa shape index (κ1) is 13.3. The Labute approximate surface area is 111 Å². The zero-order valence-corrected chi connectivity index (χ0v) is 11.5. The lowest BCUT2D eigenvalue weighted by Gasteiger charge is -2.16. The molecule has 96 valence electrons. The van der Waals surface area contributed by atoms with E-state index in [1.807, 2.05) is 30.3 Å². The van der Waals surface area contributed by atoms with Crippen molar-refractivity contribution in [2.75, 3.05) is 6.54 Å². The Morgan fingerprint density at radius 1 is 1.11 bits per heavy atom. The van der Waals surface area contributed by atoms with E-state index < -0.39 is 15.1 Å². The molecule has 0 fully saturated rings. The summed E-state index contributed by atoms with van der Waals surface area (Å²) in [6, 6.07) is 12.7. The largest absolute Gasteiger partial charge is 0.330 e. The summed E-state index contributed by atoms with van der Waals surface area (Å²) in [5.74, 6) is 0. The third-order valence-electron chi connectivity index (χ3n) is 2.75. The second-order valence-corrected chi connectivity index (χ2v) is 7.26. The van der Waals surface area contributed by atoms with Crippen LogP contribution in [0.2, 0.25) is 0 Å². The molecule has 0 amide bonds. The van der Waals surface area contributed by atoms with Gasteiger partial charge in [-0.25, -0.2) is 8.42 Å². The molecule has 0 radical (unpaired) electrons. The summed E-state index contributed by atoms with van der Waals surface area (Å²) in [4.78, 5) is 0. The van der Waals surface area contributed by atoms with Crippen molar-refractivity contribution >= 4 is 21.2 Å². The number of thiophene rings is 1. The first-order valence-corrected chi connectivity index (χ1v) is 8.11. The number of nitrogens with two attached hydrogens (primary N) is 1. The van der Waals surface area contributed by atoms with Gasteiger partial charge in [0.1, 0.15) is 4.21 Å². The third-order valence-corrected chi connectivity index (χ3v) is 6.35. The summed E-state index contributed by atoms with van der Waals surface area (Å²) in [6.45, 7) is 0.351. The fourth-order valence-electron chi connectivity index (χ4n) is 1.89. The maximum Gasteiger partial charge on any atom is 0.194 e. The van der Waals surface area contributed by atoms with Crippen molar-refractivity contribution < 1.29 is 8.42 Å². The SMILES string of the molecule is NCCC(c1ccccc1)S(=O)(=O)c1cccs1. The Bertz CT molecular complexity index is 577. The fourth-order valence-corrected chi connectivity index (χ4v) is 4.90. The van der Waals surface area contributed by atoms with E-state index in [1.54, 1.807) is 17.5 Å². The highest BCUT2D eigenvalue weighted by atomic mass is 32.2. The van der Waals surface area contributed by atoms with E-state index in [9.17, 15) is 8.42 Å². The smallest absolute Gasteiger partial charge is 0.194 e. The Morgan fingerprint density at radius 3 is 2.39 bits per heavy atom. The number of benzene rings is 1. The van der Waals surface area contributed by atoms with Gasteiger partial charge in [-0.3, -0.25) is 0 Å². The van der Waals surface area contributed by atoms with Crippen LogP contribution in [0.25, 0.3) is 0 Å². The standard InChI is InChI=1S/C13H15NO2S2/c14-9-8-12(11-5-2-1-3-6-11)18(15,16)13-7-4-10-17-13/h1-7,10,12H,8-9,14H2. The van der Waals surface area contributed by atoms with Crippen LogP contribution in [0.15, 0.2) is 52.1 Å². The van der Waals surface area contributed by atoms with Gasteiger partial charge in [0.15, 0.2) is 9.84 Å². The van der Waals surface area contributed by atoms with Crippen molar-refractivity contribution in [3.63, 3.8) is 0 Å². The van der Waals surface area contributed by atoms with Crippen LogP contribution in [0.3, 0.4) is 0 Å². The molecule has 0 spiro atoms. The molecule has 1 unspecified atom stereocenters. The van der Waals surface area contributed by atoms with Crippen molar-refractivity contribution in [1.82, 2.24) is 0 Å². The van der Waals surface area contributed by atoms with Crippen molar-refractivity contribution in [2.24, 2.45) is 5.73 Å². The summed E-state index contributed by atoms with van der Waals surface area (Å²) in [5, 5.41) is 1.22. The lowest BCUT2D eigenvalue weighted by atomic mass is 10.1. The van der Waals surface area contributed by atoms with Gasteiger partial charge in [-0.05, 0) is 30.0 Å². The Morgan fingerprint density at radius 2 is 1.83 bits per heavy atom. The maximum atomic E-state index is 12.5. The number of rotatable bonds is 5. The summed E-state index contributed by atoms with van der Waals surface area (Å²) < 4.78 is 25.5. The molecule has 1 aromatic carbocycles. The summed E-state index contributed by atoms with van der Waals surface area (Å²) in [7, 11) is -3.33. The first-order valence-electron chi connectivity index (χ1n) is 5.68. The van der Waals surface area contributed by atoms with E-state index in [0.29, 0.717) is 17.2 Å². The lowest BCUT2D eigenvalue weighted by Crippen LogP contribution is -2.16. The van der Waals surface area contributed by atoms with Crippen LogP contribution in [-0.2, 0) is 9.84 Å². The molecule has 1 aromatic heterocycles. The molecule has 2 aromatic rings. The predicted molar refractivity (Wildman–Crippen MR) is 74.4 cm³/mol. The van der Waals surface area contributed by atoms with Crippen LogP contribution in [-0.4, -0.2) is 15.0 Å². The number of hydrogen-bond acceptors (Lipinski definition) is 4. The average molecular weight is 281 g/mol. The second-order valence-electron chi connectivity index (χ2n) is 3.95. The Balaban J connectivity index is 2.43. The minimum atomic E-state index is -3.33. The molecule has 0 saturated heterocycles. The zero-order valence-electron chi connectivity index (χ0n) is 9.82. The summed E-state index contributed by atoms with van der Waals surface area (Å²) >= 11 is 1.25. The molecule has 0 bridgehead atoms. The van der Waals surface area contributed by atoms with Gasteiger partial charge < -0.3 is 5.73 Å². The molecule has 3 nitrogen and oxygen atoms in total. The monoisotopic (exact) mass is 281 g/mol. The molecule has 1 atom stereocenters. The molecular formula is C13H15NO2S2. The minimum Gasteiger partial charge on any atom is -0.330 e. The van der Waals surface area contributed by atoms with Crippen molar-refractivity contribution in [2.45, 2.75) is 15.9 Å². The van der Waals surface area contributed by atoms with Gasteiger partial charge in [-0.2, -0.15) is 0 Å². The van der Waals surface area contributed by atoms with Gasteiger partial charge in [-0.15, -0.1) is 11.3 Å². The highest BCUT2D eigenvalue weighted by Gasteiger charge is 2.28. The summed E-state index contributed by atoms with van der Waals surface area (Å²) in [5.41, 5.74) is 6.36.